The monoisotopic (exact) mass is 447 g/mol. The summed E-state index contributed by atoms with van der Waals surface area (Å²) in [5.41, 5.74) is 0. The average Bonchev–Trinajstić information content (AvgIpc) is 2.41. The fourth-order valence-corrected chi connectivity index (χ4v) is 1.62. The number of rotatable bonds is 10. The molecule has 0 atom stereocenters. The molecule has 0 aromatic heterocycles. The molecule has 0 heterocycles. The van der Waals surface area contributed by atoms with Crippen molar-refractivity contribution in [2.45, 2.75) is 27.7 Å². The van der Waals surface area contributed by atoms with Crippen molar-refractivity contribution < 1.29 is 15.6 Å². The molecule has 0 N–H and O–H groups in total. The Bertz CT molecular complexity index is 117. The van der Waals surface area contributed by atoms with E-state index in [2.05, 4.69) is 58.4 Å². The molecule has 0 saturated heterocycles. The van der Waals surface area contributed by atoms with Gasteiger partial charge in [-0.2, -0.15) is 0 Å². The summed E-state index contributed by atoms with van der Waals surface area (Å²) in [6.45, 7) is 17.6. The second-order valence-corrected chi connectivity index (χ2v) is 3.72. The molecule has 0 aliphatic rings. The van der Waals surface area contributed by atoms with Crippen molar-refractivity contribution in [3.8, 4) is 0 Å². The maximum absolute atomic E-state index is 4.56. The number of hydrogen-bond donors (Lipinski definition) is 0. The topological polar surface area (TPSA) is 20.6 Å². The zero-order chi connectivity index (χ0) is 13.5. The Kier molecular flexibility index (Phi) is 20.9. The normalized spacial score (nSPS) is 10.6. The maximum atomic E-state index is 4.56. The van der Waals surface area contributed by atoms with Crippen LogP contribution in [-0.2, 0) is 15.6 Å². The molecule has 0 aliphatic heterocycles. The van der Waals surface area contributed by atoms with Crippen molar-refractivity contribution in [1.29, 1.82) is 0 Å². The van der Waals surface area contributed by atoms with Gasteiger partial charge in [-0.15, -0.1) is 13.1 Å². The molecule has 0 saturated carbocycles. The molecule has 5 heteroatoms. The van der Waals surface area contributed by atoms with Crippen LogP contribution in [0, 0.1) is 0 Å². The zero-order valence-electron chi connectivity index (χ0n) is 11.7. The Morgan fingerprint density at radius 2 is 1.06 bits per heavy atom. The Balaban J connectivity index is 0. The standard InChI is InChI=1S/C12H28N3.HI.Pd/c1-5-14(6-2)11-9-13-10-12-15(7-3)8-4;;/h5-12H2,1-4H3;1H;/q-1;;+2/p-1. The van der Waals surface area contributed by atoms with Crippen molar-refractivity contribution in [1.82, 2.24) is 9.80 Å². The minimum atomic E-state index is 0.989. The third-order valence-electron chi connectivity index (χ3n) is 2.94. The summed E-state index contributed by atoms with van der Waals surface area (Å²) in [6, 6.07) is 0. The molecule has 0 spiro atoms. The average molecular weight is 448 g/mol. The molecule has 0 unspecified atom stereocenters. The van der Waals surface area contributed by atoms with Crippen LogP contribution in [0.1, 0.15) is 27.7 Å². The van der Waals surface area contributed by atoms with Crippen molar-refractivity contribution in [3.05, 3.63) is 5.32 Å². The van der Waals surface area contributed by atoms with Crippen molar-refractivity contribution in [2.24, 2.45) is 0 Å². The zero-order valence-corrected chi connectivity index (χ0v) is 15.4. The predicted octanol–water partition coefficient (Wildman–Crippen LogP) is 2.93. The summed E-state index contributed by atoms with van der Waals surface area (Å²) in [6.07, 6.45) is 0. The number of nitrogens with zero attached hydrogens (tertiary/aromatic N) is 3. The van der Waals surface area contributed by atoms with Crippen LogP contribution in [0.3, 0.4) is 0 Å². The summed E-state index contributed by atoms with van der Waals surface area (Å²) < 4.78 is 0. The molecule has 0 amide bonds. The van der Waals surface area contributed by atoms with E-state index in [1.54, 1.807) is 0 Å². The van der Waals surface area contributed by atoms with E-state index >= 15 is 0 Å². The molecule has 108 valence electrons. The van der Waals surface area contributed by atoms with Gasteiger partial charge in [0.2, 0.25) is 0 Å². The molecule has 0 aromatic carbocycles. The number of likely N-dealkylation sites (N-methyl/N-ethyl adjacent to an activating group) is 2. The summed E-state index contributed by atoms with van der Waals surface area (Å²) in [4.78, 5) is 4.84. The van der Waals surface area contributed by atoms with Gasteiger partial charge in [0.15, 0.2) is 0 Å². The van der Waals surface area contributed by atoms with Crippen LogP contribution >= 0.6 is 19.5 Å². The Hall–Kier alpha value is 1.27. The third kappa shape index (κ3) is 13.5. The van der Waals surface area contributed by atoms with Gasteiger partial charge in [0.25, 0.3) is 0 Å². The second kappa shape index (κ2) is 17.3. The fourth-order valence-electron chi connectivity index (χ4n) is 1.62. The van der Waals surface area contributed by atoms with Crippen LogP contribution in [0.2, 0.25) is 0 Å². The van der Waals surface area contributed by atoms with Gasteiger partial charge in [-0.3, -0.25) is 0 Å². The summed E-state index contributed by atoms with van der Waals surface area (Å²) in [5, 5.41) is 4.56. The van der Waals surface area contributed by atoms with Gasteiger partial charge < -0.3 is 15.1 Å². The molecule has 0 bridgehead atoms. The fraction of sp³-hybridized carbons (Fsp3) is 1.00. The second-order valence-electron chi connectivity index (χ2n) is 3.72. The van der Waals surface area contributed by atoms with Crippen LogP contribution < -0.4 is 0 Å². The molecule has 3 nitrogen and oxygen atoms in total. The van der Waals surface area contributed by atoms with E-state index in [0.29, 0.717) is 0 Å². The first kappa shape index (κ1) is 20.6. The Morgan fingerprint density at radius 1 is 0.765 bits per heavy atom. The van der Waals surface area contributed by atoms with Gasteiger partial charge in [0, 0.05) is 0 Å². The van der Waals surface area contributed by atoms with Crippen molar-refractivity contribution >= 4 is 19.5 Å². The quantitative estimate of drug-likeness (QED) is 0.292. The molecule has 0 radical (unpaired) electrons. The van der Waals surface area contributed by atoms with Crippen LogP contribution in [0.4, 0.5) is 0 Å². The third-order valence-corrected chi connectivity index (χ3v) is 2.94. The molecular weight excluding hydrogens is 419 g/mol. The molecular formula is C12H28IN3Pd. The number of hydrogen-bond acceptors (Lipinski definition) is 2. The predicted molar refractivity (Wildman–Crippen MR) is 82.7 cm³/mol. The van der Waals surface area contributed by atoms with Crippen molar-refractivity contribution in [3.63, 3.8) is 0 Å². The van der Waals surface area contributed by atoms with E-state index in [0.717, 1.165) is 52.4 Å². The van der Waals surface area contributed by atoms with Crippen LogP contribution in [-0.4, -0.2) is 62.2 Å². The van der Waals surface area contributed by atoms with Crippen LogP contribution in [0.5, 0.6) is 0 Å². The molecule has 0 rings (SSSR count). The number of halogens is 1. The van der Waals surface area contributed by atoms with Gasteiger partial charge >= 0.3 is 35.1 Å². The minimum absolute atomic E-state index is 0.989. The molecule has 0 aliphatic carbocycles. The molecule has 17 heavy (non-hydrogen) atoms. The van der Waals surface area contributed by atoms with Gasteiger partial charge in [0.05, 0.1) is 0 Å². The first-order valence-electron chi connectivity index (χ1n) is 6.48. The van der Waals surface area contributed by atoms with E-state index in [-0.39, 0.29) is 0 Å². The van der Waals surface area contributed by atoms with Crippen molar-refractivity contribution in [2.75, 3.05) is 52.4 Å². The van der Waals surface area contributed by atoms with Gasteiger partial charge in [-0.1, -0.05) is 27.7 Å². The van der Waals surface area contributed by atoms with Gasteiger partial charge in [-0.05, 0) is 39.3 Å². The van der Waals surface area contributed by atoms with Gasteiger partial charge in [-0.25, -0.2) is 0 Å². The van der Waals surface area contributed by atoms with Crippen LogP contribution in [0.25, 0.3) is 5.32 Å². The van der Waals surface area contributed by atoms with E-state index in [1.165, 1.54) is 0 Å². The van der Waals surface area contributed by atoms with Crippen LogP contribution in [0.15, 0.2) is 0 Å². The molecule has 0 aromatic rings. The molecule has 0 fully saturated rings. The summed E-state index contributed by atoms with van der Waals surface area (Å²) >= 11 is 4.72. The van der Waals surface area contributed by atoms with E-state index in [4.69, 9.17) is 0 Å². The first-order valence-corrected chi connectivity index (χ1v) is 11.1. The van der Waals surface area contributed by atoms with E-state index in [1.807, 2.05) is 19.5 Å². The summed E-state index contributed by atoms with van der Waals surface area (Å²) in [5.74, 6) is 0. The van der Waals surface area contributed by atoms with Gasteiger partial charge in [0.1, 0.15) is 0 Å². The Morgan fingerprint density at radius 3 is 1.29 bits per heavy atom. The first-order chi connectivity index (χ1) is 8.28. The SMILES string of the molecule is CCN(CC)CC[N-]CCN(CC)CC.[Pd+][I]. The van der Waals surface area contributed by atoms with E-state index in [9.17, 15) is 0 Å². The van der Waals surface area contributed by atoms with E-state index < -0.39 is 0 Å². The Labute approximate surface area is 129 Å². The summed E-state index contributed by atoms with van der Waals surface area (Å²) in [7, 11) is 0.